The second-order valence-corrected chi connectivity index (χ2v) is 5.48. The Morgan fingerprint density at radius 3 is 2.75 bits per heavy atom. The molecule has 3 N–H and O–H groups in total. The van der Waals surface area contributed by atoms with Crippen LogP contribution in [0.5, 0.6) is 0 Å². The molecule has 0 radical (unpaired) electrons. The van der Waals surface area contributed by atoms with E-state index < -0.39 is 5.54 Å². The number of carbonyl (C=O) groups excluding carboxylic acids is 1. The highest BCUT2D eigenvalue weighted by Crippen LogP contribution is 2.26. The van der Waals surface area contributed by atoms with Crippen LogP contribution in [-0.4, -0.2) is 29.7 Å². The summed E-state index contributed by atoms with van der Waals surface area (Å²) in [6.07, 6.45) is 3.71. The lowest BCUT2D eigenvalue weighted by atomic mass is 9.90. The fraction of sp³-hybridized carbons (Fsp3) is 0.562. The van der Waals surface area contributed by atoms with Gasteiger partial charge < -0.3 is 15.7 Å². The van der Waals surface area contributed by atoms with Crippen LogP contribution in [0.15, 0.2) is 30.3 Å². The van der Waals surface area contributed by atoms with E-state index in [1.165, 1.54) is 0 Å². The van der Waals surface area contributed by atoms with Crippen LogP contribution >= 0.6 is 0 Å². The molecule has 1 saturated heterocycles. The van der Waals surface area contributed by atoms with Crippen molar-refractivity contribution in [1.82, 2.24) is 10.6 Å². The third-order valence-electron chi connectivity index (χ3n) is 4.04. The van der Waals surface area contributed by atoms with Gasteiger partial charge in [-0.2, -0.15) is 0 Å². The van der Waals surface area contributed by atoms with E-state index in [2.05, 4.69) is 17.6 Å². The van der Waals surface area contributed by atoms with Crippen molar-refractivity contribution in [3.8, 4) is 0 Å². The van der Waals surface area contributed by atoms with Gasteiger partial charge in [-0.25, -0.2) is 0 Å². The Hall–Kier alpha value is -1.39. The minimum atomic E-state index is -0.447. The molecular formula is C16H24N2O2. The molecule has 110 valence electrons. The molecule has 1 aliphatic heterocycles. The molecule has 4 nitrogen and oxygen atoms in total. The summed E-state index contributed by atoms with van der Waals surface area (Å²) in [5.41, 5.74) is 0.490. The number of hydrogen-bond acceptors (Lipinski definition) is 3. The number of amides is 1. The largest absolute Gasteiger partial charge is 0.394 e. The smallest absolute Gasteiger partial charge is 0.240 e. The van der Waals surface area contributed by atoms with Gasteiger partial charge in [0.2, 0.25) is 5.91 Å². The van der Waals surface area contributed by atoms with Crippen molar-refractivity contribution in [2.24, 2.45) is 0 Å². The number of aliphatic hydroxyl groups is 1. The van der Waals surface area contributed by atoms with Crippen LogP contribution in [0.4, 0.5) is 0 Å². The Balaban J connectivity index is 2.08. The zero-order chi connectivity index (χ0) is 14.4. The molecule has 0 aromatic heterocycles. The molecule has 4 heteroatoms. The Labute approximate surface area is 120 Å². The van der Waals surface area contributed by atoms with Gasteiger partial charge in [0.05, 0.1) is 18.2 Å². The number of hydrogen-bond donors (Lipinski definition) is 3. The molecular weight excluding hydrogens is 252 g/mol. The highest BCUT2D eigenvalue weighted by atomic mass is 16.3. The van der Waals surface area contributed by atoms with E-state index in [9.17, 15) is 9.90 Å². The molecule has 0 bridgehead atoms. The van der Waals surface area contributed by atoms with Gasteiger partial charge in [0.25, 0.3) is 0 Å². The molecule has 20 heavy (non-hydrogen) atoms. The third kappa shape index (κ3) is 3.19. The van der Waals surface area contributed by atoms with Crippen molar-refractivity contribution in [3.05, 3.63) is 35.9 Å². The first kappa shape index (κ1) is 15.0. The Bertz CT molecular complexity index is 427. The molecule has 0 spiro atoms. The fourth-order valence-corrected chi connectivity index (χ4v) is 2.97. The summed E-state index contributed by atoms with van der Waals surface area (Å²) < 4.78 is 0. The van der Waals surface area contributed by atoms with Gasteiger partial charge in [0, 0.05) is 0 Å². The van der Waals surface area contributed by atoms with E-state index in [0.717, 1.165) is 37.8 Å². The maximum absolute atomic E-state index is 12.6. The molecule has 1 heterocycles. The van der Waals surface area contributed by atoms with E-state index in [-0.39, 0.29) is 18.6 Å². The van der Waals surface area contributed by atoms with E-state index >= 15 is 0 Å². The van der Waals surface area contributed by atoms with E-state index in [4.69, 9.17) is 0 Å². The quantitative estimate of drug-likeness (QED) is 0.742. The van der Waals surface area contributed by atoms with Gasteiger partial charge in [-0.3, -0.25) is 4.79 Å². The van der Waals surface area contributed by atoms with Crippen molar-refractivity contribution in [2.75, 3.05) is 13.2 Å². The summed E-state index contributed by atoms with van der Waals surface area (Å²) in [4.78, 5) is 12.6. The van der Waals surface area contributed by atoms with E-state index in [0.29, 0.717) is 0 Å². The first-order valence-corrected chi connectivity index (χ1v) is 7.43. The number of aliphatic hydroxyl groups excluding tert-OH is 1. The van der Waals surface area contributed by atoms with Gasteiger partial charge in [-0.15, -0.1) is 0 Å². The van der Waals surface area contributed by atoms with Crippen molar-refractivity contribution < 1.29 is 9.90 Å². The van der Waals surface area contributed by atoms with Crippen LogP contribution in [0.1, 0.15) is 44.2 Å². The highest BCUT2D eigenvalue weighted by Gasteiger charge is 2.40. The Kier molecular flexibility index (Phi) is 5.15. The summed E-state index contributed by atoms with van der Waals surface area (Å²) in [7, 11) is 0. The van der Waals surface area contributed by atoms with Crippen molar-refractivity contribution in [3.63, 3.8) is 0 Å². The van der Waals surface area contributed by atoms with Crippen molar-refractivity contribution in [1.29, 1.82) is 0 Å². The molecule has 1 fully saturated rings. The highest BCUT2D eigenvalue weighted by molar-refractivity contribution is 5.87. The predicted octanol–water partition coefficient (Wildman–Crippen LogP) is 1.76. The molecule has 1 aliphatic rings. The SMILES string of the molecule is CCCC1(C(=O)N[C@@H](CO)c2ccccc2)CCCN1. The van der Waals surface area contributed by atoms with Crippen LogP contribution in [0.2, 0.25) is 0 Å². The topological polar surface area (TPSA) is 61.4 Å². The second kappa shape index (κ2) is 6.86. The summed E-state index contributed by atoms with van der Waals surface area (Å²) in [5.74, 6) is 0.0137. The zero-order valence-electron chi connectivity index (χ0n) is 12.1. The second-order valence-electron chi connectivity index (χ2n) is 5.48. The first-order valence-electron chi connectivity index (χ1n) is 7.43. The normalized spacial score (nSPS) is 23.5. The molecule has 1 aromatic rings. The molecule has 1 amide bonds. The lowest BCUT2D eigenvalue weighted by molar-refractivity contribution is -0.128. The molecule has 1 aromatic carbocycles. The first-order chi connectivity index (χ1) is 9.72. The van der Waals surface area contributed by atoms with Crippen LogP contribution in [0.25, 0.3) is 0 Å². The Morgan fingerprint density at radius 1 is 1.45 bits per heavy atom. The van der Waals surface area contributed by atoms with Gasteiger partial charge in [-0.05, 0) is 31.4 Å². The number of carbonyl (C=O) groups is 1. The Morgan fingerprint density at radius 2 is 2.20 bits per heavy atom. The average molecular weight is 276 g/mol. The predicted molar refractivity (Wildman–Crippen MR) is 79.3 cm³/mol. The summed E-state index contributed by atoms with van der Waals surface area (Å²) in [6.45, 7) is 2.90. The van der Waals surface area contributed by atoms with Crippen molar-refractivity contribution in [2.45, 2.75) is 44.2 Å². The van der Waals surface area contributed by atoms with E-state index in [1.54, 1.807) is 0 Å². The van der Waals surface area contributed by atoms with Gasteiger partial charge >= 0.3 is 0 Å². The number of rotatable bonds is 6. The molecule has 2 rings (SSSR count). The monoisotopic (exact) mass is 276 g/mol. The molecule has 1 unspecified atom stereocenters. The molecule has 2 atom stereocenters. The lowest BCUT2D eigenvalue weighted by Gasteiger charge is -2.30. The lowest BCUT2D eigenvalue weighted by Crippen LogP contribution is -2.54. The van der Waals surface area contributed by atoms with Crippen molar-refractivity contribution >= 4 is 5.91 Å². The van der Waals surface area contributed by atoms with Gasteiger partial charge in [-0.1, -0.05) is 43.7 Å². The van der Waals surface area contributed by atoms with E-state index in [1.807, 2.05) is 30.3 Å². The zero-order valence-corrected chi connectivity index (χ0v) is 12.1. The van der Waals surface area contributed by atoms with Crippen LogP contribution in [-0.2, 0) is 4.79 Å². The van der Waals surface area contributed by atoms with Gasteiger partial charge in [0.15, 0.2) is 0 Å². The standard InChI is InChI=1S/C16H24N2O2/c1-2-9-16(10-6-11-17-16)15(20)18-14(12-19)13-7-4-3-5-8-13/h3-5,7-8,14,17,19H,2,6,9-12H2,1H3,(H,18,20)/t14-,16?/m0/s1. The molecule has 0 saturated carbocycles. The van der Waals surface area contributed by atoms with Crippen LogP contribution < -0.4 is 10.6 Å². The van der Waals surface area contributed by atoms with Gasteiger partial charge in [0.1, 0.15) is 0 Å². The fourth-order valence-electron chi connectivity index (χ4n) is 2.97. The van der Waals surface area contributed by atoms with Crippen LogP contribution in [0, 0.1) is 0 Å². The molecule has 0 aliphatic carbocycles. The van der Waals surface area contributed by atoms with Crippen LogP contribution in [0.3, 0.4) is 0 Å². The number of benzene rings is 1. The maximum atomic E-state index is 12.6. The summed E-state index contributed by atoms with van der Waals surface area (Å²) >= 11 is 0. The summed E-state index contributed by atoms with van der Waals surface area (Å²) in [6, 6.07) is 9.28. The minimum absolute atomic E-state index is 0.0137. The number of nitrogens with one attached hydrogen (secondary N) is 2. The minimum Gasteiger partial charge on any atom is -0.394 e. The third-order valence-corrected chi connectivity index (χ3v) is 4.04. The summed E-state index contributed by atoms with van der Waals surface area (Å²) in [5, 5.41) is 15.9. The average Bonchev–Trinajstić information content (AvgIpc) is 2.96. The maximum Gasteiger partial charge on any atom is 0.240 e.